The number of thiophene rings is 1. The van der Waals surface area contributed by atoms with E-state index in [1.54, 1.807) is 27.4 Å². The van der Waals surface area contributed by atoms with Crippen LogP contribution >= 0.6 is 11.3 Å². The number of unbranched alkanes of at least 4 members (excludes halogenated alkanes) is 7. The van der Waals surface area contributed by atoms with Gasteiger partial charge in [-0.2, -0.15) is 11.3 Å². The zero-order valence-corrected chi connectivity index (χ0v) is 21.9. The number of benzene rings is 2. The first-order valence-electron chi connectivity index (χ1n) is 12.5. The minimum atomic E-state index is -3.69. The molecule has 0 aliphatic carbocycles. The van der Waals surface area contributed by atoms with Gasteiger partial charge in [0.2, 0.25) is 0 Å². The van der Waals surface area contributed by atoms with E-state index in [9.17, 15) is 8.42 Å². The Balaban J connectivity index is 1.66. The van der Waals surface area contributed by atoms with Gasteiger partial charge in [0, 0.05) is 11.1 Å². The Labute approximate surface area is 208 Å². The summed E-state index contributed by atoms with van der Waals surface area (Å²) in [5.74, 6) is 0. The molecule has 0 spiro atoms. The molecule has 0 aliphatic heterocycles. The molecule has 4 aromatic rings. The van der Waals surface area contributed by atoms with E-state index < -0.39 is 10.0 Å². The molecule has 0 amide bonds. The van der Waals surface area contributed by atoms with Crippen molar-refractivity contribution in [2.24, 2.45) is 0 Å². The molecule has 34 heavy (non-hydrogen) atoms. The lowest BCUT2D eigenvalue weighted by molar-refractivity contribution is 0.569. The molecule has 5 heteroatoms. The Kier molecular flexibility index (Phi) is 8.28. The predicted octanol–water partition coefficient (Wildman–Crippen LogP) is 8.60. The van der Waals surface area contributed by atoms with Crippen LogP contribution in [0.25, 0.3) is 22.0 Å². The number of rotatable bonds is 12. The van der Waals surface area contributed by atoms with E-state index in [4.69, 9.17) is 0 Å². The largest absolute Gasteiger partial charge is 0.268 e. The lowest BCUT2D eigenvalue weighted by Crippen LogP contribution is -2.15. The van der Waals surface area contributed by atoms with Crippen molar-refractivity contribution < 1.29 is 8.42 Å². The van der Waals surface area contributed by atoms with Crippen LogP contribution < -0.4 is 0 Å². The Bertz CT molecular complexity index is 1300. The molecular formula is C29H35NO2S2. The standard InChI is InChI=1S/C29H35NO2S2/c1-3-4-5-6-7-8-9-10-12-25-21-28-27(24-19-20-33-22-24)13-11-14-29(28)30(25)34(31,32)26-17-15-23(2)16-18-26/h11,13-22H,3-10,12H2,1-2H3. The molecule has 0 aliphatic rings. The first kappa shape index (κ1) is 24.7. The van der Waals surface area contributed by atoms with Gasteiger partial charge in [-0.15, -0.1) is 0 Å². The monoisotopic (exact) mass is 493 g/mol. The maximum atomic E-state index is 13.8. The van der Waals surface area contributed by atoms with Crippen LogP contribution in [-0.2, 0) is 16.4 Å². The van der Waals surface area contributed by atoms with Gasteiger partial charge in [-0.1, -0.05) is 81.7 Å². The molecule has 4 rings (SSSR count). The third kappa shape index (κ3) is 5.47. The van der Waals surface area contributed by atoms with Crippen LogP contribution in [0.5, 0.6) is 0 Å². The van der Waals surface area contributed by atoms with Gasteiger partial charge in [0.15, 0.2) is 0 Å². The van der Waals surface area contributed by atoms with Crippen LogP contribution in [0.1, 0.15) is 69.5 Å². The average molecular weight is 494 g/mol. The molecule has 2 aromatic carbocycles. The Morgan fingerprint density at radius 3 is 2.24 bits per heavy atom. The summed E-state index contributed by atoms with van der Waals surface area (Å²) in [7, 11) is -3.69. The van der Waals surface area contributed by atoms with Crippen molar-refractivity contribution in [2.75, 3.05) is 0 Å². The summed E-state index contributed by atoms with van der Waals surface area (Å²) in [6.07, 6.45) is 10.6. The summed E-state index contributed by atoms with van der Waals surface area (Å²) in [5, 5.41) is 5.19. The van der Waals surface area contributed by atoms with Gasteiger partial charge in [-0.05, 0) is 72.0 Å². The van der Waals surface area contributed by atoms with Gasteiger partial charge in [-0.25, -0.2) is 12.4 Å². The molecule has 0 N–H and O–H groups in total. The highest BCUT2D eigenvalue weighted by Gasteiger charge is 2.24. The van der Waals surface area contributed by atoms with Crippen molar-refractivity contribution in [1.29, 1.82) is 0 Å². The number of hydrogen-bond donors (Lipinski definition) is 0. The number of hydrogen-bond acceptors (Lipinski definition) is 3. The van der Waals surface area contributed by atoms with E-state index in [-0.39, 0.29) is 0 Å². The molecule has 3 nitrogen and oxygen atoms in total. The van der Waals surface area contributed by atoms with Gasteiger partial charge < -0.3 is 0 Å². The zero-order chi connectivity index (χ0) is 24.0. The number of nitrogens with zero attached hydrogens (tertiary/aromatic N) is 1. The first-order chi connectivity index (χ1) is 16.5. The lowest BCUT2D eigenvalue weighted by Gasteiger charge is -2.13. The summed E-state index contributed by atoms with van der Waals surface area (Å²) in [4.78, 5) is 0.341. The maximum Gasteiger partial charge on any atom is 0.268 e. The second-order valence-corrected chi connectivity index (χ2v) is 11.8. The van der Waals surface area contributed by atoms with Crippen molar-refractivity contribution in [2.45, 2.75) is 76.5 Å². The van der Waals surface area contributed by atoms with Gasteiger partial charge in [0.05, 0.1) is 10.4 Å². The van der Waals surface area contributed by atoms with Crippen LogP contribution in [0, 0.1) is 6.92 Å². The second-order valence-electron chi connectivity index (χ2n) is 9.19. The lowest BCUT2D eigenvalue weighted by atomic mass is 10.0. The van der Waals surface area contributed by atoms with Crippen LogP contribution in [0.4, 0.5) is 0 Å². The molecule has 0 atom stereocenters. The van der Waals surface area contributed by atoms with Crippen molar-refractivity contribution in [1.82, 2.24) is 3.97 Å². The van der Waals surface area contributed by atoms with Gasteiger partial charge in [-0.3, -0.25) is 0 Å². The van der Waals surface area contributed by atoms with Crippen LogP contribution in [0.2, 0.25) is 0 Å². The summed E-state index contributed by atoms with van der Waals surface area (Å²) >= 11 is 1.66. The van der Waals surface area contributed by atoms with Crippen molar-refractivity contribution in [3.63, 3.8) is 0 Å². The fraction of sp³-hybridized carbons (Fsp3) is 0.379. The molecule has 180 valence electrons. The van der Waals surface area contributed by atoms with E-state index >= 15 is 0 Å². The third-order valence-electron chi connectivity index (χ3n) is 6.55. The number of aromatic nitrogens is 1. The molecule has 0 saturated carbocycles. The van der Waals surface area contributed by atoms with Crippen molar-refractivity contribution in [3.05, 3.63) is 76.6 Å². The normalized spacial score (nSPS) is 11.9. The third-order valence-corrected chi connectivity index (χ3v) is 9.01. The summed E-state index contributed by atoms with van der Waals surface area (Å²) in [5.41, 5.74) is 4.92. The highest BCUT2D eigenvalue weighted by molar-refractivity contribution is 7.90. The van der Waals surface area contributed by atoms with Crippen LogP contribution in [-0.4, -0.2) is 12.4 Å². The fourth-order valence-corrected chi connectivity index (χ4v) is 6.86. The molecule has 0 saturated heterocycles. The summed E-state index contributed by atoms with van der Waals surface area (Å²) < 4.78 is 29.3. The number of aryl methyl sites for hydroxylation is 2. The minimum Gasteiger partial charge on any atom is -0.238 e. The highest BCUT2D eigenvalue weighted by Crippen LogP contribution is 2.35. The average Bonchev–Trinajstić information content (AvgIpc) is 3.49. The molecule has 2 heterocycles. The smallest absolute Gasteiger partial charge is 0.238 e. The van der Waals surface area contributed by atoms with Crippen molar-refractivity contribution >= 4 is 32.3 Å². The second kappa shape index (κ2) is 11.4. The SMILES string of the molecule is CCCCCCCCCCc1cc2c(-c3ccsc3)cccc2n1S(=O)(=O)c1ccc(C)cc1. The van der Waals surface area contributed by atoms with Crippen molar-refractivity contribution in [3.8, 4) is 11.1 Å². The van der Waals surface area contributed by atoms with E-state index in [0.717, 1.165) is 52.5 Å². The Hall–Kier alpha value is -2.37. The predicted molar refractivity (Wildman–Crippen MR) is 145 cm³/mol. The van der Waals surface area contributed by atoms with E-state index in [1.807, 2.05) is 31.2 Å². The Morgan fingerprint density at radius 2 is 1.56 bits per heavy atom. The highest BCUT2D eigenvalue weighted by atomic mass is 32.2. The van der Waals surface area contributed by atoms with Gasteiger partial charge in [0.25, 0.3) is 10.0 Å². The first-order valence-corrected chi connectivity index (χ1v) is 14.9. The van der Waals surface area contributed by atoms with E-state index in [1.165, 1.54) is 38.5 Å². The zero-order valence-electron chi connectivity index (χ0n) is 20.3. The fourth-order valence-electron chi connectivity index (χ4n) is 4.64. The molecule has 0 bridgehead atoms. The van der Waals surface area contributed by atoms with Crippen LogP contribution in [0.15, 0.2) is 70.3 Å². The molecular weight excluding hydrogens is 458 g/mol. The van der Waals surface area contributed by atoms with Gasteiger partial charge in [0.1, 0.15) is 0 Å². The molecule has 0 fully saturated rings. The molecule has 0 unspecified atom stereocenters. The molecule has 0 radical (unpaired) electrons. The van der Waals surface area contributed by atoms with E-state index in [0.29, 0.717) is 4.90 Å². The summed E-state index contributed by atoms with van der Waals surface area (Å²) in [6.45, 7) is 4.22. The van der Waals surface area contributed by atoms with E-state index in [2.05, 4.69) is 35.9 Å². The molecule has 2 aromatic heterocycles. The van der Waals surface area contributed by atoms with Crippen LogP contribution in [0.3, 0.4) is 0 Å². The van der Waals surface area contributed by atoms with Gasteiger partial charge >= 0.3 is 0 Å². The Morgan fingerprint density at radius 1 is 0.853 bits per heavy atom. The maximum absolute atomic E-state index is 13.8. The summed E-state index contributed by atoms with van der Waals surface area (Å²) in [6, 6.07) is 17.4. The topological polar surface area (TPSA) is 39.1 Å². The quantitative estimate of drug-likeness (QED) is 0.185. The minimum absolute atomic E-state index is 0.341. The number of fused-ring (bicyclic) bond motifs is 1.